The van der Waals surface area contributed by atoms with Crippen molar-refractivity contribution in [2.45, 2.75) is 51.6 Å². The predicted octanol–water partition coefficient (Wildman–Crippen LogP) is 2.81. The molecule has 0 aliphatic rings. The smallest absolute Gasteiger partial charge is 0.192 e. The molecule has 2 unspecified atom stereocenters. The molecule has 1 N–H and O–H groups in total. The molecule has 0 aromatic heterocycles. The van der Waals surface area contributed by atoms with Gasteiger partial charge in [0.2, 0.25) is 0 Å². The molecule has 0 saturated carbocycles. The Morgan fingerprint density at radius 1 is 1.36 bits per heavy atom. The van der Waals surface area contributed by atoms with Crippen molar-refractivity contribution < 1.29 is 9.46 Å². The minimum Gasteiger partial charge on any atom is -0.346 e. The zero-order valence-corrected chi connectivity index (χ0v) is 8.47. The Morgan fingerprint density at radius 2 is 2.00 bits per heavy atom. The third-order valence-corrected chi connectivity index (χ3v) is 3.39. The van der Waals surface area contributed by atoms with E-state index in [9.17, 15) is 4.57 Å². The van der Waals surface area contributed by atoms with E-state index in [0.29, 0.717) is 0 Å². The van der Waals surface area contributed by atoms with E-state index in [4.69, 9.17) is 4.89 Å². The summed E-state index contributed by atoms with van der Waals surface area (Å²) in [6.07, 6.45) is 5.25. The molecule has 11 heavy (non-hydrogen) atoms. The van der Waals surface area contributed by atoms with Gasteiger partial charge in [0.1, 0.15) is 0 Å². The third kappa shape index (κ3) is 5.46. The van der Waals surface area contributed by atoms with E-state index in [2.05, 4.69) is 6.92 Å². The first-order valence-electron chi connectivity index (χ1n) is 4.45. The lowest BCUT2D eigenvalue weighted by Crippen LogP contribution is -1.99. The van der Waals surface area contributed by atoms with Crippen molar-refractivity contribution in [1.29, 1.82) is 0 Å². The summed E-state index contributed by atoms with van der Waals surface area (Å²) in [5, 5.41) is 0. The van der Waals surface area contributed by atoms with Gasteiger partial charge in [-0.15, -0.1) is 0 Å². The summed E-state index contributed by atoms with van der Waals surface area (Å²) < 4.78 is 10.7. The Labute approximate surface area is 69.9 Å². The standard InChI is InChI=1S/C8H19O2P/c1-3-5-6-7-8(4-2)11(9)10/h8,11H,3-7H2,1-2H3,(H,9,10). The van der Waals surface area contributed by atoms with Crippen LogP contribution in [0.3, 0.4) is 0 Å². The van der Waals surface area contributed by atoms with Crippen LogP contribution >= 0.6 is 8.03 Å². The van der Waals surface area contributed by atoms with Crippen molar-refractivity contribution in [2.24, 2.45) is 0 Å². The Balaban J connectivity index is 3.44. The topological polar surface area (TPSA) is 37.3 Å². The van der Waals surface area contributed by atoms with E-state index in [1.165, 1.54) is 12.8 Å². The lowest BCUT2D eigenvalue weighted by atomic mass is 10.1. The predicted molar refractivity (Wildman–Crippen MR) is 49.4 cm³/mol. The Hall–Kier alpha value is 0.190. The molecule has 2 atom stereocenters. The summed E-state index contributed by atoms with van der Waals surface area (Å²) in [5.41, 5.74) is 0.0755. The molecule has 0 aromatic carbocycles. The fraction of sp³-hybridized carbons (Fsp3) is 1.00. The maximum absolute atomic E-state index is 10.7. The van der Waals surface area contributed by atoms with Crippen molar-refractivity contribution in [1.82, 2.24) is 0 Å². The van der Waals surface area contributed by atoms with Crippen molar-refractivity contribution >= 4 is 8.03 Å². The van der Waals surface area contributed by atoms with Crippen LogP contribution in [0.25, 0.3) is 0 Å². The molecule has 0 spiro atoms. The lowest BCUT2D eigenvalue weighted by molar-refractivity contribution is 0.475. The van der Waals surface area contributed by atoms with Gasteiger partial charge in [-0.3, -0.25) is 4.57 Å². The second kappa shape index (κ2) is 6.87. The van der Waals surface area contributed by atoms with E-state index >= 15 is 0 Å². The van der Waals surface area contributed by atoms with Gasteiger partial charge in [0.15, 0.2) is 8.03 Å². The highest BCUT2D eigenvalue weighted by atomic mass is 31.1. The minimum atomic E-state index is -2.25. The fourth-order valence-electron chi connectivity index (χ4n) is 1.14. The van der Waals surface area contributed by atoms with Gasteiger partial charge in [-0.1, -0.05) is 33.1 Å². The molecule has 0 radical (unpaired) electrons. The van der Waals surface area contributed by atoms with Crippen LogP contribution in [0.15, 0.2) is 0 Å². The molecule has 0 aliphatic carbocycles. The van der Waals surface area contributed by atoms with E-state index in [1.54, 1.807) is 0 Å². The van der Waals surface area contributed by atoms with Crippen LogP contribution in [0, 0.1) is 0 Å². The molecule has 0 aromatic rings. The number of hydrogen-bond donors (Lipinski definition) is 1. The van der Waals surface area contributed by atoms with Gasteiger partial charge in [-0.05, 0) is 12.8 Å². The van der Waals surface area contributed by atoms with E-state index in [0.717, 1.165) is 19.3 Å². The second-order valence-electron chi connectivity index (χ2n) is 2.94. The van der Waals surface area contributed by atoms with Crippen LogP contribution < -0.4 is 0 Å². The average molecular weight is 178 g/mol. The number of unbranched alkanes of at least 4 members (excludes halogenated alkanes) is 2. The highest BCUT2D eigenvalue weighted by molar-refractivity contribution is 7.38. The summed E-state index contributed by atoms with van der Waals surface area (Å²) >= 11 is 0. The molecule has 3 heteroatoms. The van der Waals surface area contributed by atoms with Crippen LogP contribution in [0.2, 0.25) is 0 Å². The van der Waals surface area contributed by atoms with Gasteiger partial charge in [-0.2, -0.15) is 0 Å². The molecule has 2 nitrogen and oxygen atoms in total. The second-order valence-corrected chi connectivity index (χ2v) is 4.43. The maximum atomic E-state index is 10.7. The van der Waals surface area contributed by atoms with Crippen LogP contribution in [0.4, 0.5) is 0 Å². The molecule has 0 aliphatic heterocycles. The monoisotopic (exact) mass is 178 g/mol. The zero-order valence-electron chi connectivity index (χ0n) is 7.47. The SMILES string of the molecule is CCCCCC(CC)[PH](=O)O. The van der Waals surface area contributed by atoms with Crippen LogP contribution in [0.5, 0.6) is 0 Å². The largest absolute Gasteiger partial charge is 0.346 e. The van der Waals surface area contributed by atoms with Gasteiger partial charge >= 0.3 is 0 Å². The first-order valence-corrected chi connectivity index (χ1v) is 5.88. The quantitative estimate of drug-likeness (QED) is 0.501. The van der Waals surface area contributed by atoms with Crippen LogP contribution in [-0.2, 0) is 4.57 Å². The molecule has 0 rings (SSSR count). The third-order valence-electron chi connectivity index (χ3n) is 2.00. The molecular formula is C8H19O2P. The highest BCUT2D eigenvalue weighted by Crippen LogP contribution is 2.29. The zero-order chi connectivity index (χ0) is 8.69. The summed E-state index contributed by atoms with van der Waals surface area (Å²) in [5.74, 6) is 0. The van der Waals surface area contributed by atoms with Crippen molar-refractivity contribution in [3.63, 3.8) is 0 Å². The minimum absolute atomic E-state index is 0.0755. The normalized spacial score (nSPS) is 16.3. The summed E-state index contributed by atoms with van der Waals surface area (Å²) in [4.78, 5) is 8.86. The Morgan fingerprint density at radius 3 is 2.36 bits per heavy atom. The van der Waals surface area contributed by atoms with E-state index in [1.807, 2.05) is 6.92 Å². The van der Waals surface area contributed by atoms with Crippen molar-refractivity contribution in [3.05, 3.63) is 0 Å². The molecule has 0 bridgehead atoms. The van der Waals surface area contributed by atoms with Crippen LogP contribution in [-0.4, -0.2) is 10.6 Å². The van der Waals surface area contributed by atoms with Gasteiger partial charge in [-0.25, -0.2) is 0 Å². The first-order chi connectivity index (χ1) is 5.22. The van der Waals surface area contributed by atoms with Crippen molar-refractivity contribution in [3.8, 4) is 0 Å². The first kappa shape index (κ1) is 11.2. The molecule has 0 fully saturated rings. The summed E-state index contributed by atoms with van der Waals surface area (Å²) in [7, 11) is -2.25. The fourth-order valence-corrected chi connectivity index (χ4v) is 1.94. The van der Waals surface area contributed by atoms with Crippen LogP contribution in [0.1, 0.15) is 46.0 Å². The molecule has 68 valence electrons. The average Bonchev–Trinajstić information content (AvgIpc) is 1.97. The van der Waals surface area contributed by atoms with Gasteiger partial charge in [0.25, 0.3) is 0 Å². The highest BCUT2D eigenvalue weighted by Gasteiger charge is 2.10. The van der Waals surface area contributed by atoms with Gasteiger partial charge in [0.05, 0.1) is 0 Å². The summed E-state index contributed by atoms with van der Waals surface area (Å²) in [6, 6.07) is 0. The molecule has 0 heterocycles. The van der Waals surface area contributed by atoms with E-state index in [-0.39, 0.29) is 5.66 Å². The Bertz CT molecular complexity index is 115. The lowest BCUT2D eigenvalue weighted by Gasteiger charge is -2.09. The molecular weight excluding hydrogens is 159 g/mol. The Kier molecular flexibility index (Phi) is 6.99. The molecule has 0 saturated heterocycles. The maximum Gasteiger partial charge on any atom is 0.192 e. The van der Waals surface area contributed by atoms with Gasteiger partial charge < -0.3 is 4.89 Å². The number of rotatable bonds is 6. The molecule has 0 amide bonds. The number of hydrogen-bond acceptors (Lipinski definition) is 1. The van der Waals surface area contributed by atoms with E-state index < -0.39 is 8.03 Å². The summed E-state index contributed by atoms with van der Waals surface area (Å²) in [6.45, 7) is 4.12. The van der Waals surface area contributed by atoms with Crippen molar-refractivity contribution in [2.75, 3.05) is 0 Å². The van der Waals surface area contributed by atoms with Gasteiger partial charge in [0, 0.05) is 5.66 Å².